The van der Waals surface area contributed by atoms with Gasteiger partial charge < -0.3 is 5.73 Å². The van der Waals surface area contributed by atoms with Gasteiger partial charge in [-0.15, -0.1) is 11.3 Å². The minimum absolute atomic E-state index is 0.0587. The number of anilines is 1. The fourth-order valence-corrected chi connectivity index (χ4v) is 3.36. The van der Waals surface area contributed by atoms with E-state index in [2.05, 4.69) is 66.7 Å². The first-order valence-electron chi connectivity index (χ1n) is 6.96. The van der Waals surface area contributed by atoms with Crippen molar-refractivity contribution < 1.29 is 0 Å². The molecule has 2 heterocycles. The summed E-state index contributed by atoms with van der Waals surface area (Å²) in [5, 5.41) is 9.41. The Morgan fingerprint density at radius 1 is 1.10 bits per heavy atom. The normalized spacial score (nSPS) is 11.8. The van der Waals surface area contributed by atoms with Gasteiger partial charge in [-0.1, -0.05) is 51.1 Å². The number of nitrogens with one attached hydrogen (secondary N) is 1. The first-order chi connectivity index (χ1) is 9.98. The molecule has 3 rings (SSSR count). The van der Waals surface area contributed by atoms with Crippen LogP contribution >= 0.6 is 11.3 Å². The Hall–Kier alpha value is -2.07. The summed E-state index contributed by atoms with van der Waals surface area (Å²) in [5.41, 5.74) is 10.6. The number of rotatable bonds is 2. The molecule has 0 saturated carbocycles. The predicted molar refractivity (Wildman–Crippen MR) is 90.4 cm³/mol. The van der Waals surface area contributed by atoms with Crippen LogP contribution in [-0.2, 0) is 5.41 Å². The van der Waals surface area contributed by atoms with Crippen molar-refractivity contribution in [1.29, 1.82) is 0 Å². The first-order valence-corrected chi connectivity index (χ1v) is 7.84. The molecule has 2 aromatic heterocycles. The number of nitrogens with two attached hydrogens (primary N) is 1. The van der Waals surface area contributed by atoms with E-state index in [1.807, 2.05) is 6.07 Å². The standard InChI is InChI=1S/C17H19N3S/c1-17(2,3)12-8-5-4-7-11(12)15-14(16(18)20-19-15)13-9-6-10-21-13/h4-10H,1-3H3,(H3,18,19,20). The van der Waals surface area contributed by atoms with E-state index in [9.17, 15) is 0 Å². The molecule has 0 unspecified atom stereocenters. The zero-order valence-electron chi connectivity index (χ0n) is 12.5. The summed E-state index contributed by atoms with van der Waals surface area (Å²) < 4.78 is 0. The second-order valence-electron chi connectivity index (χ2n) is 6.13. The van der Waals surface area contributed by atoms with Crippen LogP contribution in [-0.4, -0.2) is 10.2 Å². The summed E-state index contributed by atoms with van der Waals surface area (Å²) in [4.78, 5) is 1.14. The fourth-order valence-electron chi connectivity index (χ4n) is 2.58. The molecule has 0 saturated heterocycles. The van der Waals surface area contributed by atoms with Crippen molar-refractivity contribution in [3.8, 4) is 21.7 Å². The Bertz CT molecular complexity index is 749. The number of nitrogens with zero attached hydrogens (tertiary/aromatic N) is 1. The molecule has 0 atom stereocenters. The maximum absolute atomic E-state index is 6.09. The van der Waals surface area contributed by atoms with Crippen molar-refractivity contribution in [2.45, 2.75) is 26.2 Å². The van der Waals surface area contributed by atoms with E-state index in [1.165, 1.54) is 5.56 Å². The first kappa shape index (κ1) is 13.9. The minimum atomic E-state index is 0.0587. The van der Waals surface area contributed by atoms with Gasteiger partial charge in [0.05, 0.1) is 11.3 Å². The van der Waals surface area contributed by atoms with Crippen molar-refractivity contribution in [2.75, 3.05) is 5.73 Å². The average molecular weight is 297 g/mol. The van der Waals surface area contributed by atoms with Gasteiger partial charge in [-0.2, -0.15) is 5.10 Å². The summed E-state index contributed by atoms with van der Waals surface area (Å²) in [6.45, 7) is 6.66. The third-order valence-corrected chi connectivity index (χ3v) is 4.45. The number of thiophene rings is 1. The molecule has 0 spiro atoms. The number of aromatic nitrogens is 2. The van der Waals surface area contributed by atoms with Crippen LogP contribution in [0.2, 0.25) is 0 Å². The quantitative estimate of drug-likeness (QED) is 0.721. The summed E-state index contributed by atoms with van der Waals surface area (Å²) in [7, 11) is 0. The number of H-pyrrole nitrogens is 1. The number of aromatic amines is 1. The molecule has 3 aromatic rings. The van der Waals surface area contributed by atoms with Crippen LogP contribution in [0.4, 0.5) is 5.82 Å². The molecule has 4 heteroatoms. The summed E-state index contributed by atoms with van der Waals surface area (Å²) in [6.07, 6.45) is 0. The van der Waals surface area contributed by atoms with E-state index in [0.29, 0.717) is 5.82 Å². The van der Waals surface area contributed by atoms with Crippen molar-refractivity contribution >= 4 is 17.2 Å². The van der Waals surface area contributed by atoms with E-state index in [0.717, 1.165) is 21.7 Å². The second-order valence-corrected chi connectivity index (χ2v) is 7.08. The zero-order valence-corrected chi connectivity index (χ0v) is 13.3. The molecule has 0 fully saturated rings. The summed E-state index contributed by atoms with van der Waals surface area (Å²) in [5.74, 6) is 0.552. The lowest BCUT2D eigenvalue weighted by molar-refractivity contribution is 0.592. The molecule has 3 N–H and O–H groups in total. The third kappa shape index (κ3) is 2.47. The fraction of sp³-hybridized carbons (Fsp3) is 0.235. The number of benzene rings is 1. The van der Waals surface area contributed by atoms with Gasteiger partial charge in [-0.25, -0.2) is 0 Å². The van der Waals surface area contributed by atoms with Gasteiger partial charge in [-0.05, 0) is 22.4 Å². The van der Waals surface area contributed by atoms with Crippen LogP contribution in [0.1, 0.15) is 26.3 Å². The van der Waals surface area contributed by atoms with E-state index >= 15 is 0 Å². The average Bonchev–Trinajstić information content (AvgIpc) is 3.06. The second kappa shape index (κ2) is 5.04. The van der Waals surface area contributed by atoms with Gasteiger partial charge in [-0.3, -0.25) is 5.10 Å². The molecule has 0 radical (unpaired) electrons. The van der Waals surface area contributed by atoms with Gasteiger partial charge in [0, 0.05) is 10.4 Å². The topological polar surface area (TPSA) is 54.7 Å². The number of nitrogen functional groups attached to an aromatic ring is 1. The summed E-state index contributed by atoms with van der Waals surface area (Å²) >= 11 is 1.68. The maximum Gasteiger partial charge on any atom is 0.154 e. The van der Waals surface area contributed by atoms with Crippen LogP contribution < -0.4 is 5.73 Å². The predicted octanol–water partition coefficient (Wildman–Crippen LogP) is 4.68. The van der Waals surface area contributed by atoms with Crippen LogP contribution in [0.15, 0.2) is 41.8 Å². The maximum atomic E-state index is 6.09. The molecule has 108 valence electrons. The highest BCUT2D eigenvalue weighted by Crippen LogP contribution is 2.40. The Morgan fingerprint density at radius 3 is 2.52 bits per heavy atom. The van der Waals surface area contributed by atoms with Gasteiger partial charge in [0.2, 0.25) is 0 Å². The third-order valence-electron chi connectivity index (χ3n) is 3.57. The molecule has 3 nitrogen and oxygen atoms in total. The van der Waals surface area contributed by atoms with Crippen molar-refractivity contribution in [2.24, 2.45) is 0 Å². The Balaban J connectivity index is 2.24. The highest BCUT2D eigenvalue weighted by molar-refractivity contribution is 7.13. The van der Waals surface area contributed by atoms with Gasteiger partial charge in [0.15, 0.2) is 5.82 Å². The SMILES string of the molecule is CC(C)(C)c1ccccc1-c1[nH]nc(N)c1-c1cccs1. The number of hydrogen-bond donors (Lipinski definition) is 2. The highest BCUT2D eigenvalue weighted by Gasteiger charge is 2.22. The molecule has 0 aliphatic carbocycles. The van der Waals surface area contributed by atoms with Gasteiger partial charge >= 0.3 is 0 Å². The lowest BCUT2D eigenvalue weighted by Gasteiger charge is -2.22. The lowest BCUT2D eigenvalue weighted by atomic mass is 9.82. The van der Waals surface area contributed by atoms with Crippen molar-refractivity contribution in [3.05, 3.63) is 47.3 Å². The van der Waals surface area contributed by atoms with Crippen molar-refractivity contribution in [1.82, 2.24) is 10.2 Å². The molecule has 1 aromatic carbocycles. The molecular formula is C17H19N3S. The molecular weight excluding hydrogens is 278 g/mol. The smallest absolute Gasteiger partial charge is 0.154 e. The zero-order chi connectivity index (χ0) is 15.0. The van der Waals surface area contributed by atoms with E-state index < -0.39 is 0 Å². The Labute approximate surface area is 128 Å². The lowest BCUT2D eigenvalue weighted by Crippen LogP contribution is -2.12. The molecule has 0 amide bonds. The molecule has 0 bridgehead atoms. The van der Waals surface area contributed by atoms with Gasteiger partial charge in [0.25, 0.3) is 0 Å². The minimum Gasteiger partial charge on any atom is -0.382 e. The molecule has 21 heavy (non-hydrogen) atoms. The van der Waals surface area contributed by atoms with E-state index in [-0.39, 0.29) is 5.41 Å². The monoisotopic (exact) mass is 297 g/mol. The Morgan fingerprint density at radius 2 is 1.86 bits per heavy atom. The van der Waals surface area contributed by atoms with Crippen LogP contribution in [0.25, 0.3) is 21.7 Å². The molecule has 0 aliphatic heterocycles. The van der Waals surface area contributed by atoms with E-state index in [1.54, 1.807) is 11.3 Å². The van der Waals surface area contributed by atoms with Crippen LogP contribution in [0, 0.1) is 0 Å². The summed E-state index contributed by atoms with van der Waals surface area (Å²) in [6, 6.07) is 12.5. The Kier molecular flexibility index (Phi) is 3.33. The van der Waals surface area contributed by atoms with E-state index in [4.69, 9.17) is 5.73 Å². The van der Waals surface area contributed by atoms with Crippen LogP contribution in [0.5, 0.6) is 0 Å². The van der Waals surface area contributed by atoms with Crippen molar-refractivity contribution in [3.63, 3.8) is 0 Å². The van der Waals surface area contributed by atoms with Gasteiger partial charge in [0.1, 0.15) is 0 Å². The van der Waals surface area contributed by atoms with Crippen LogP contribution in [0.3, 0.4) is 0 Å². The molecule has 0 aliphatic rings. The highest BCUT2D eigenvalue weighted by atomic mass is 32.1. The largest absolute Gasteiger partial charge is 0.382 e. The number of hydrogen-bond acceptors (Lipinski definition) is 3.